The third-order valence-corrected chi connectivity index (χ3v) is 3.13. The van der Waals surface area contributed by atoms with Crippen LogP contribution in [0.3, 0.4) is 0 Å². The summed E-state index contributed by atoms with van der Waals surface area (Å²) in [6, 6.07) is 0. The van der Waals surface area contributed by atoms with Crippen LogP contribution in [0.25, 0.3) is 0 Å². The van der Waals surface area contributed by atoms with Crippen molar-refractivity contribution >= 4 is 5.97 Å². The average molecular weight is 304 g/mol. The zero-order valence-corrected chi connectivity index (χ0v) is 13.8. The summed E-state index contributed by atoms with van der Waals surface area (Å²) in [5.74, 6) is -0.431. The molecular formula is C15H30NO5+. The van der Waals surface area contributed by atoms with Gasteiger partial charge in [-0.15, -0.1) is 0 Å². The molecule has 0 spiro atoms. The van der Waals surface area contributed by atoms with E-state index in [0.717, 1.165) is 17.6 Å². The van der Waals surface area contributed by atoms with Gasteiger partial charge in [-0.3, -0.25) is 0 Å². The molecule has 0 aliphatic heterocycles. The van der Waals surface area contributed by atoms with Gasteiger partial charge < -0.3 is 23.8 Å². The number of aliphatic hydroxyl groups excluding tert-OH is 1. The summed E-state index contributed by atoms with van der Waals surface area (Å²) in [4.78, 5) is 11.1. The van der Waals surface area contributed by atoms with Crippen molar-refractivity contribution in [3.63, 3.8) is 0 Å². The molecule has 0 aromatic carbocycles. The lowest BCUT2D eigenvalue weighted by Crippen LogP contribution is -2.42. The fraction of sp³-hybridized carbons (Fsp3) is 0.800. The summed E-state index contributed by atoms with van der Waals surface area (Å²) in [7, 11) is 4.27. The summed E-state index contributed by atoms with van der Waals surface area (Å²) in [5, 5.41) is 9.66. The van der Waals surface area contributed by atoms with Gasteiger partial charge in [-0.2, -0.15) is 0 Å². The molecule has 0 amide bonds. The van der Waals surface area contributed by atoms with E-state index in [2.05, 4.69) is 27.6 Å². The van der Waals surface area contributed by atoms with Crippen molar-refractivity contribution in [1.29, 1.82) is 0 Å². The van der Waals surface area contributed by atoms with Crippen molar-refractivity contribution in [1.82, 2.24) is 0 Å². The zero-order chi connectivity index (χ0) is 16.3. The number of rotatable bonds is 12. The van der Waals surface area contributed by atoms with Crippen LogP contribution in [-0.4, -0.2) is 81.9 Å². The van der Waals surface area contributed by atoms with Crippen LogP contribution in [0.1, 0.15) is 13.8 Å². The summed E-state index contributed by atoms with van der Waals surface area (Å²) in [6.45, 7) is 10.5. The highest BCUT2D eigenvalue weighted by molar-refractivity contribution is 5.86. The first kappa shape index (κ1) is 20.1. The van der Waals surface area contributed by atoms with Gasteiger partial charge in [0.2, 0.25) is 0 Å². The number of nitrogens with zero attached hydrogens (tertiary/aromatic N) is 1. The maximum absolute atomic E-state index is 11.1. The lowest BCUT2D eigenvalue weighted by Gasteiger charge is -2.28. The van der Waals surface area contributed by atoms with Crippen LogP contribution in [0.2, 0.25) is 0 Å². The van der Waals surface area contributed by atoms with E-state index in [1.54, 1.807) is 6.92 Å². The molecule has 1 unspecified atom stereocenters. The van der Waals surface area contributed by atoms with Crippen molar-refractivity contribution in [2.75, 3.05) is 60.2 Å². The number of esters is 1. The summed E-state index contributed by atoms with van der Waals surface area (Å²) >= 11 is 0. The number of carbonyl (C=O) groups is 1. The lowest BCUT2D eigenvalue weighted by atomic mass is 10.4. The Labute approximate surface area is 127 Å². The Kier molecular flexibility index (Phi) is 10.2. The van der Waals surface area contributed by atoms with Crippen LogP contribution in [-0.2, 0) is 19.0 Å². The van der Waals surface area contributed by atoms with Crippen LogP contribution in [0, 0.1) is 0 Å². The van der Waals surface area contributed by atoms with Gasteiger partial charge in [0.1, 0.15) is 19.3 Å². The van der Waals surface area contributed by atoms with Gasteiger partial charge in [0.15, 0.2) is 0 Å². The maximum Gasteiger partial charge on any atom is 0.333 e. The summed E-state index contributed by atoms with van der Waals surface area (Å²) in [5.41, 5.74) is 0.358. The molecule has 6 heteroatoms. The van der Waals surface area contributed by atoms with Crippen molar-refractivity contribution < 1.29 is 28.6 Å². The molecule has 124 valence electrons. The summed E-state index contributed by atoms with van der Waals surface area (Å²) < 4.78 is 16.4. The largest absolute Gasteiger partial charge is 0.460 e. The van der Waals surface area contributed by atoms with Crippen LogP contribution >= 0.6 is 0 Å². The van der Waals surface area contributed by atoms with Crippen molar-refractivity contribution in [2.45, 2.75) is 20.0 Å². The third-order valence-electron chi connectivity index (χ3n) is 3.13. The monoisotopic (exact) mass is 304 g/mol. The Morgan fingerprint density at radius 3 is 2.29 bits per heavy atom. The van der Waals surface area contributed by atoms with Gasteiger partial charge in [0.25, 0.3) is 0 Å². The fourth-order valence-electron chi connectivity index (χ4n) is 1.27. The Hall–Kier alpha value is -0.950. The molecule has 0 bridgehead atoms. The minimum atomic E-state index is -0.668. The van der Waals surface area contributed by atoms with Gasteiger partial charge in [0, 0.05) is 5.57 Å². The van der Waals surface area contributed by atoms with Crippen LogP contribution in [0.4, 0.5) is 0 Å². The number of carbonyl (C=O) groups excluding carboxylic acids is 1. The molecule has 21 heavy (non-hydrogen) atoms. The SMILES string of the molecule is C=C(C)C(=O)OCCOCC(O)COCC[N+](C)(C)CC. The van der Waals surface area contributed by atoms with Crippen molar-refractivity contribution in [3.05, 3.63) is 12.2 Å². The molecule has 0 aliphatic carbocycles. The van der Waals surface area contributed by atoms with E-state index in [4.69, 9.17) is 14.2 Å². The Morgan fingerprint density at radius 1 is 1.19 bits per heavy atom. The van der Waals surface area contributed by atoms with E-state index >= 15 is 0 Å². The van der Waals surface area contributed by atoms with Gasteiger partial charge in [-0.25, -0.2) is 4.79 Å². The van der Waals surface area contributed by atoms with E-state index < -0.39 is 12.1 Å². The number of ether oxygens (including phenoxy) is 3. The molecule has 6 nitrogen and oxygen atoms in total. The number of quaternary nitrogens is 1. The van der Waals surface area contributed by atoms with Gasteiger partial charge in [0.05, 0.1) is 47.1 Å². The molecule has 0 fully saturated rings. The normalized spacial score (nSPS) is 13.0. The molecule has 0 aliphatic rings. The zero-order valence-electron chi connectivity index (χ0n) is 13.8. The molecule has 0 saturated heterocycles. The van der Waals surface area contributed by atoms with Crippen LogP contribution < -0.4 is 0 Å². The number of aliphatic hydroxyl groups is 1. The highest BCUT2D eigenvalue weighted by atomic mass is 16.6. The highest BCUT2D eigenvalue weighted by Gasteiger charge is 2.12. The van der Waals surface area contributed by atoms with E-state index in [0.29, 0.717) is 12.2 Å². The van der Waals surface area contributed by atoms with E-state index in [1.165, 1.54) is 0 Å². The second-order valence-corrected chi connectivity index (χ2v) is 5.70. The molecule has 0 heterocycles. The average Bonchev–Trinajstić information content (AvgIpc) is 2.43. The van der Waals surface area contributed by atoms with Crippen molar-refractivity contribution in [2.24, 2.45) is 0 Å². The molecule has 0 rings (SSSR count). The standard InChI is InChI=1S/C15H30NO5/c1-6-16(4,5)7-8-19-11-14(17)12-20-9-10-21-15(18)13(2)3/h14,17H,2,6-12H2,1,3-5H3/q+1. The topological polar surface area (TPSA) is 65.0 Å². The number of likely N-dealkylation sites (N-methyl/N-ethyl adjacent to an activating group) is 1. The first-order chi connectivity index (χ1) is 9.78. The summed E-state index contributed by atoms with van der Waals surface area (Å²) in [6.07, 6.45) is -0.668. The fourth-order valence-corrected chi connectivity index (χ4v) is 1.27. The minimum absolute atomic E-state index is 0.154. The highest BCUT2D eigenvalue weighted by Crippen LogP contribution is 1.96. The van der Waals surface area contributed by atoms with Crippen molar-refractivity contribution in [3.8, 4) is 0 Å². The first-order valence-corrected chi connectivity index (χ1v) is 7.26. The van der Waals surface area contributed by atoms with E-state index in [1.807, 2.05) is 0 Å². The maximum atomic E-state index is 11.1. The molecule has 0 aromatic heterocycles. The predicted octanol–water partition coefficient (Wildman–Crippen LogP) is 0.596. The smallest absolute Gasteiger partial charge is 0.333 e. The molecule has 1 N–H and O–H groups in total. The Balaban J connectivity index is 3.49. The van der Waals surface area contributed by atoms with Gasteiger partial charge >= 0.3 is 5.97 Å². The Morgan fingerprint density at radius 2 is 1.76 bits per heavy atom. The molecule has 0 aromatic rings. The lowest BCUT2D eigenvalue weighted by molar-refractivity contribution is -0.888. The first-order valence-electron chi connectivity index (χ1n) is 7.26. The molecular weight excluding hydrogens is 274 g/mol. The number of hydrogen-bond donors (Lipinski definition) is 1. The quantitative estimate of drug-likeness (QED) is 0.247. The second-order valence-electron chi connectivity index (χ2n) is 5.70. The Bertz CT molecular complexity index is 317. The minimum Gasteiger partial charge on any atom is -0.460 e. The second kappa shape index (κ2) is 10.7. The van der Waals surface area contributed by atoms with Gasteiger partial charge in [-0.1, -0.05) is 6.58 Å². The van der Waals surface area contributed by atoms with Crippen LogP contribution in [0.15, 0.2) is 12.2 Å². The number of hydrogen-bond acceptors (Lipinski definition) is 5. The van der Waals surface area contributed by atoms with Crippen LogP contribution in [0.5, 0.6) is 0 Å². The molecule has 0 radical (unpaired) electrons. The molecule has 0 saturated carbocycles. The third kappa shape index (κ3) is 11.4. The molecule has 1 atom stereocenters. The van der Waals surface area contributed by atoms with E-state index in [9.17, 15) is 9.90 Å². The van der Waals surface area contributed by atoms with E-state index in [-0.39, 0.29) is 26.4 Å². The van der Waals surface area contributed by atoms with Gasteiger partial charge in [-0.05, 0) is 13.8 Å². The predicted molar refractivity (Wildman–Crippen MR) is 80.9 cm³/mol.